The highest BCUT2D eigenvalue weighted by molar-refractivity contribution is 5.75. The van der Waals surface area contributed by atoms with Crippen LogP contribution in [0.15, 0.2) is 97.1 Å². The fourth-order valence-electron chi connectivity index (χ4n) is 13.1. The summed E-state index contributed by atoms with van der Waals surface area (Å²) in [6.07, 6.45) is 13.2. The largest absolute Gasteiger partial charge is 0.490 e. The van der Waals surface area contributed by atoms with Crippen molar-refractivity contribution in [1.29, 1.82) is 0 Å². The molecule has 4 aromatic rings. The summed E-state index contributed by atoms with van der Waals surface area (Å²) in [6.45, 7) is 6.61. The minimum Gasteiger partial charge on any atom is -0.475 e. The summed E-state index contributed by atoms with van der Waals surface area (Å²) in [7, 11) is 0. The van der Waals surface area contributed by atoms with Crippen LogP contribution in [0.4, 0.5) is 22.8 Å². The van der Waals surface area contributed by atoms with Crippen LogP contribution in [0.2, 0.25) is 0 Å². The minimum atomic E-state index is -5.08. The number of alkyl halides is 3. The van der Waals surface area contributed by atoms with E-state index < -0.39 is 12.1 Å². The number of carboxylic acids is 1. The average Bonchev–Trinajstić information content (AvgIpc) is 4.16. The first kappa shape index (κ1) is 51.3. The third-order valence-electron chi connectivity index (χ3n) is 16.9. The highest BCUT2D eigenvalue weighted by Crippen LogP contribution is 2.54. The van der Waals surface area contributed by atoms with Gasteiger partial charge in [0.1, 0.15) is 11.5 Å². The average molecular weight is 991 g/mol. The summed E-state index contributed by atoms with van der Waals surface area (Å²) in [4.78, 5) is 40.8. The van der Waals surface area contributed by atoms with E-state index in [-0.39, 0.29) is 36.2 Å². The van der Waals surface area contributed by atoms with Crippen molar-refractivity contribution >= 4 is 18.0 Å². The van der Waals surface area contributed by atoms with Crippen LogP contribution in [0.5, 0.6) is 11.5 Å². The number of fused-ring (bicyclic) bond motifs is 10. The summed E-state index contributed by atoms with van der Waals surface area (Å²) < 4.78 is 38.0. The van der Waals surface area contributed by atoms with Gasteiger partial charge in [-0.3, -0.25) is 9.80 Å². The zero-order valence-corrected chi connectivity index (χ0v) is 41.8. The molecule has 4 aliphatic heterocycles. The number of nitrogens with zero attached hydrogens (tertiary/aromatic N) is 2. The van der Waals surface area contributed by atoms with Crippen LogP contribution in [0.3, 0.4) is 0 Å². The molecule has 6 aliphatic rings. The highest BCUT2D eigenvalue weighted by Gasteiger charge is 2.45. The molecule has 0 spiro atoms. The molecule has 0 radical (unpaired) electrons. The maximum absolute atomic E-state index is 13.2. The number of hydrogen-bond donors (Lipinski definition) is 5. The number of rotatable bonds is 16. The van der Waals surface area contributed by atoms with Crippen LogP contribution >= 0.6 is 0 Å². The fourth-order valence-corrected chi connectivity index (χ4v) is 13.1. The molecule has 4 heterocycles. The lowest BCUT2D eigenvalue weighted by molar-refractivity contribution is -0.192. The summed E-state index contributed by atoms with van der Waals surface area (Å²) in [5, 5.41) is 20.2. The van der Waals surface area contributed by atoms with Crippen LogP contribution in [0.25, 0.3) is 0 Å². The van der Waals surface area contributed by atoms with Crippen molar-refractivity contribution in [2.75, 3.05) is 13.1 Å². The summed E-state index contributed by atoms with van der Waals surface area (Å²) >= 11 is 0. The zero-order valence-electron chi connectivity index (χ0n) is 41.8. The Hall–Kier alpha value is -5.60. The van der Waals surface area contributed by atoms with Gasteiger partial charge in [-0.15, -0.1) is 0 Å². The topological polar surface area (TPSA) is 135 Å². The van der Waals surface area contributed by atoms with Crippen molar-refractivity contribution in [1.82, 2.24) is 31.1 Å². The monoisotopic (exact) mass is 991 g/mol. The second-order valence-electron chi connectivity index (χ2n) is 21.2. The van der Waals surface area contributed by atoms with Gasteiger partial charge in [0.25, 0.3) is 0 Å². The number of ether oxygens (including phenoxy) is 1. The van der Waals surface area contributed by atoms with Crippen molar-refractivity contribution in [2.45, 2.75) is 171 Å². The number of carbonyl (C=O) groups excluding carboxylic acids is 2. The van der Waals surface area contributed by atoms with Gasteiger partial charge in [0, 0.05) is 36.3 Å². The van der Waals surface area contributed by atoms with E-state index in [0.717, 1.165) is 73.0 Å². The second kappa shape index (κ2) is 23.1. The van der Waals surface area contributed by atoms with E-state index >= 15 is 0 Å². The number of hydrogen-bond acceptors (Lipinski definition) is 6. The SMILES string of the molecule is CCC(NC(=O)NC1CCC(CCN2[C@@H]3CC[C@H]2c2ccccc23)CC1)c1ccc(Oc2ccc(C(CC)NC(=O)NC3CCC(CCN4[C@@H]5CC[C@H]4c4ccccc45)CC3)cc2)cc1.O=C(O)C(F)(F)F. The molecule has 2 saturated heterocycles. The second-order valence-corrected chi connectivity index (χ2v) is 21.2. The van der Waals surface area contributed by atoms with E-state index in [1.165, 1.54) is 77.3 Å². The molecule has 72 heavy (non-hydrogen) atoms. The Morgan fingerprint density at radius 1 is 0.542 bits per heavy atom. The van der Waals surface area contributed by atoms with E-state index in [0.29, 0.717) is 24.2 Å². The molecule has 10 rings (SSSR count). The van der Waals surface area contributed by atoms with Crippen molar-refractivity contribution in [3.05, 3.63) is 130 Å². The molecule has 14 heteroatoms. The van der Waals surface area contributed by atoms with Gasteiger partial charge < -0.3 is 31.1 Å². The molecule has 386 valence electrons. The Morgan fingerprint density at radius 2 is 0.861 bits per heavy atom. The predicted octanol–water partition coefficient (Wildman–Crippen LogP) is 13.3. The van der Waals surface area contributed by atoms with Gasteiger partial charge in [0.15, 0.2) is 0 Å². The maximum Gasteiger partial charge on any atom is 0.490 e. The first-order valence-electron chi connectivity index (χ1n) is 26.9. The molecule has 0 aromatic heterocycles. The molecule has 4 aromatic carbocycles. The molecular formula is C58H73F3N6O5. The Morgan fingerprint density at radius 3 is 1.15 bits per heavy atom. The first-order valence-corrected chi connectivity index (χ1v) is 26.9. The van der Waals surface area contributed by atoms with Gasteiger partial charge >= 0.3 is 24.2 Å². The van der Waals surface area contributed by atoms with E-state index in [9.17, 15) is 22.8 Å². The Kier molecular flexibility index (Phi) is 16.4. The number of carboxylic acid groups (broad SMARTS) is 1. The van der Waals surface area contributed by atoms with E-state index in [4.69, 9.17) is 14.6 Å². The van der Waals surface area contributed by atoms with E-state index in [2.05, 4.69) is 93.4 Å². The number of amides is 4. The quantitative estimate of drug-likeness (QED) is 0.0754. The van der Waals surface area contributed by atoms with Gasteiger partial charge in [0.05, 0.1) is 12.1 Å². The molecule has 4 bridgehead atoms. The molecule has 4 amide bonds. The Balaban J connectivity index is 0.000000853. The third-order valence-corrected chi connectivity index (χ3v) is 16.9. The molecule has 2 unspecified atom stereocenters. The highest BCUT2D eigenvalue weighted by atomic mass is 19.4. The normalized spacial score (nSPS) is 26.1. The molecule has 2 saturated carbocycles. The van der Waals surface area contributed by atoms with Crippen LogP contribution < -0.4 is 26.0 Å². The summed E-state index contributed by atoms with van der Waals surface area (Å²) in [6, 6.07) is 36.9. The van der Waals surface area contributed by atoms with E-state index in [1.807, 2.05) is 48.5 Å². The molecule has 5 N–H and O–H groups in total. The molecular weight excluding hydrogens is 918 g/mol. The molecule has 6 atom stereocenters. The lowest BCUT2D eigenvalue weighted by Gasteiger charge is -2.31. The minimum absolute atomic E-state index is 0.0752. The van der Waals surface area contributed by atoms with Crippen LogP contribution in [-0.2, 0) is 4.79 Å². The maximum atomic E-state index is 13.2. The van der Waals surface area contributed by atoms with Gasteiger partial charge in [0.2, 0.25) is 0 Å². The van der Waals surface area contributed by atoms with Crippen LogP contribution in [0.1, 0.15) is 186 Å². The van der Waals surface area contributed by atoms with Crippen molar-refractivity contribution in [2.24, 2.45) is 11.8 Å². The molecule has 2 aliphatic carbocycles. The number of urea groups is 2. The first-order chi connectivity index (χ1) is 34.8. The van der Waals surface area contributed by atoms with E-state index in [1.54, 1.807) is 22.3 Å². The Labute approximate surface area is 423 Å². The van der Waals surface area contributed by atoms with Gasteiger partial charge in [-0.25, -0.2) is 14.4 Å². The van der Waals surface area contributed by atoms with Crippen molar-refractivity contribution in [3.8, 4) is 11.5 Å². The van der Waals surface area contributed by atoms with Crippen LogP contribution in [0, 0.1) is 11.8 Å². The Bertz CT molecular complexity index is 2240. The molecule has 11 nitrogen and oxygen atoms in total. The van der Waals surface area contributed by atoms with Crippen molar-refractivity contribution in [3.63, 3.8) is 0 Å². The number of halogens is 3. The number of aliphatic carboxylic acids is 1. The zero-order chi connectivity index (χ0) is 50.4. The van der Waals surface area contributed by atoms with Crippen molar-refractivity contribution < 1.29 is 37.4 Å². The van der Waals surface area contributed by atoms with Gasteiger partial charge in [-0.1, -0.05) is 86.6 Å². The van der Waals surface area contributed by atoms with Gasteiger partial charge in [-0.2, -0.15) is 13.2 Å². The van der Waals surface area contributed by atoms with Gasteiger partial charge in [-0.05, 0) is 185 Å². The lowest BCUT2D eigenvalue weighted by atomic mass is 9.84. The summed E-state index contributed by atoms with van der Waals surface area (Å²) in [5.74, 6) is 0.220. The smallest absolute Gasteiger partial charge is 0.475 e. The standard InChI is InChI=1S/C56H72N6O3.C2HF3O2/c1-3-49(59-55(63)57-41-21-13-37(14-22-41)33-35-61-51-29-30-52(61)46-10-6-5-9-45(46)51)39-17-25-43(26-18-39)65-44-27-19-40(20-28-44)50(4-2)60-56(64)58-42-23-15-38(16-24-42)34-36-62-53-31-32-54(62)48-12-8-7-11-47(48)53;3-2(4,5)1(6)7/h5-12,17-20,25-28,37-38,41-42,49-54H,3-4,13-16,21-24,29-36H2,1-2H3,(H2,57,59,63)(H2,58,60,64);(H,6,7)/t37?,38?,41?,42?,49?,50?,51-,52+,53-,54+;. The summed E-state index contributed by atoms with van der Waals surface area (Å²) in [5.41, 5.74) is 8.40. The lowest BCUT2D eigenvalue weighted by Crippen LogP contribution is -2.44. The molecule has 4 fully saturated rings. The predicted molar refractivity (Wildman–Crippen MR) is 273 cm³/mol. The van der Waals surface area contributed by atoms with Crippen LogP contribution in [-0.4, -0.2) is 64.3 Å². The number of carbonyl (C=O) groups is 3. The fraction of sp³-hybridized carbons (Fsp3) is 0.534. The number of nitrogens with one attached hydrogen (secondary N) is 4. The third kappa shape index (κ3) is 12.1. The number of benzene rings is 4.